The van der Waals surface area contributed by atoms with Gasteiger partial charge in [-0.15, -0.1) is 0 Å². The quantitative estimate of drug-likeness (QED) is 0.691. The number of aliphatic hydroxyl groups excluding tert-OH is 1. The van der Waals surface area contributed by atoms with Crippen LogP contribution in [0, 0.1) is 11.3 Å². The van der Waals surface area contributed by atoms with Crippen LogP contribution in [0.15, 0.2) is 58.9 Å². The molecule has 3 nitrogen and oxygen atoms in total. The zero-order valence-electron chi connectivity index (χ0n) is 10.0. The van der Waals surface area contributed by atoms with Crippen molar-refractivity contribution in [1.82, 2.24) is 4.98 Å². The Morgan fingerprint density at radius 1 is 1.21 bits per heavy atom. The van der Waals surface area contributed by atoms with Gasteiger partial charge in [-0.25, -0.2) is 0 Å². The molecule has 2 rings (SSSR count). The molecule has 0 bridgehead atoms. The third kappa shape index (κ3) is 3.43. The molecular formula is C15H11BrN2O. The van der Waals surface area contributed by atoms with Crippen LogP contribution in [0.4, 0.5) is 0 Å². The first-order valence-corrected chi connectivity index (χ1v) is 6.48. The van der Waals surface area contributed by atoms with Crippen LogP contribution in [0.25, 0.3) is 5.57 Å². The Kier molecular flexibility index (Phi) is 4.32. The molecule has 1 aromatic heterocycles. The molecule has 0 amide bonds. The molecule has 0 saturated carbocycles. The van der Waals surface area contributed by atoms with E-state index in [1.54, 1.807) is 24.4 Å². The summed E-state index contributed by atoms with van der Waals surface area (Å²) in [6, 6.07) is 14.9. The normalized spacial score (nSPS) is 11.6. The maximum Gasteiger partial charge on any atom is 0.117 e. The second kappa shape index (κ2) is 6.17. The minimum atomic E-state index is 0.0310. The van der Waals surface area contributed by atoms with Gasteiger partial charge in [-0.05, 0) is 29.8 Å². The summed E-state index contributed by atoms with van der Waals surface area (Å²) in [6.07, 6.45) is 1.91. The van der Waals surface area contributed by atoms with E-state index in [1.807, 2.05) is 30.3 Å². The minimum absolute atomic E-state index is 0.0310. The molecule has 4 heteroatoms. The molecule has 94 valence electrons. The Labute approximate surface area is 120 Å². The Bertz CT molecular complexity index is 627. The summed E-state index contributed by atoms with van der Waals surface area (Å²) in [5.41, 5.74) is 1.63. The summed E-state index contributed by atoms with van der Waals surface area (Å²) in [4.78, 5) is 4.08. The van der Waals surface area contributed by atoms with Gasteiger partial charge in [-0.1, -0.05) is 34.1 Å². The number of rotatable bonds is 3. The zero-order valence-corrected chi connectivity index (χ0v) is 11.6. The number of nitrogens with zero attached hydrogens (tertiary/aromatic N) is 2. The average Bonchev–Trinajstić information content (AvgIpc) is 2.43. The molecule has 0 radical (unpaired) electrons. The van der Waals surface area contributed by atoms with Crippen LogP contribution in [0.1, 0.15) is 11.3 Å². The summed E-state index contributed by atoms with van der Waals surface area (Å²) in [6.45, 7) is 0. The predicted octanol–water partition coefficient (Wildman–Crippen LogP) is 3.88. The molecule has 0 spiro atoms. The van der Waals surface area contributed by atoms with Crippen molar-refractivity contribution in [1.29, 1.82) is 5.26 Å². The van der Waals surface area contributed by atoms with E-state index < -0.39 is 0 Å². The standard InChI is InChI=1S/C15H11BrN2O/c16-12-6-4-11(5-7-12)9-15(19)13(10-17)14-3-1-2-8-18-14/h1-8,19H,9H2/b15-13-. The van der Waals surface area contributed by atoms with Crippen LogP contribution >= 0.6 is 15.9 Å². The molecule has 0 unspecified atom stereocenters. The predicted molar refractivity (Wildman–Crippen MR) is 77.2 cm³/mol. The molecule has 1 N–H and O–H groups in total. The summed E-state index contributed by atoms with van der Waals surface area (Å²) in [5, 5.41) is 19.2. The van der Waals surface area contributed by atoms with Gasteiger partial charge in [0, 0.05) is 17.1 Å². The highest BCUT2D eigenvalue weighted by Crippen LogP contribution is 2.19. The number of pyridine rings is 1. The Balaban J connectivity index is 2.30. The Morgan fingerprint density at radius 2 is 1.95 bits per heavy atom. The lowest BCUT2D eigenvalue weighted by atomic mass is 10.1. The van der Waals surface area contributed by atoms with Crippen molar-refractivity contribution in [2.24, 2.45) is 0 Å². The van der Waals surface area contributed by atoms with Gasteiger partial charge in [-0.2, -0.15) is 5.26 Å². The van der Waals surface area contributed by atoms with E-state index in [-0.39, 0.29) is 11.3 Å². The third-order valence-corrected chi connectivity index (χ3v) is 3.13. The minimum Gasteiger partial charge on any atom is -0.510 e. The molecule has 0 fully saturated rings. The topological polar surface area (TPSA) is 56.9 Å². The largest absolute Gasteiger partial charge is 0.510 e. The summed E-state index contributed by atoms with van der Waals surface area (Å²) in [7, 11) is 0. The van der Waals surface area contributed by atoms with E-state index in [1.165, 1.54) is 0 Å². The first kappa shape index (κ1) is 13.3. The third-order valence-electron chi connectivity index (χ3n) is 2.61. The van der Waals surface area contributed by atoms with Gasteiger partial charge in [-0.3, -0.25) is 4.98 Å². The lowest BCUT2D eigenvalue weighted by Gasteiger charge is -2.04. The SMILES string of the molecule is N#C/C(=C(/O)Cc1ccc(Br)cc1)c1ccccn1. The number of hydrogen-bond donors (Lipinski definition) is 1. The number of aliphatic hydroxyl groups is 1. The van der Waals surface area contributed by atoms with Crippen LogP contribution in [0.2, 0.25) is 0 Å². The molecule has 2 aromatic rings. The summed E-state index contributed by atoms with van der Waals surface area (Å²) in [5.74, 6) is 0.0310. The second-order valence-electron chi connectivity index (χ2n) is 3.95. The summed E-state index contributed by atoms with van der Waals surface area (Å²) < 4.78 is 0.977. The van der Waals surface area contributed by atoms with E-state index in [2.05, 4.69) is 20.9 Å². The number of benzene rings is 1. The maximum atomic E-state index is 10.1. The van der Waals surface area contributed by atoms with Crippen molar-refractivity contribution in [3.8, 4) is 6.07 Å². The number of halogens is 1. The van der Waals surface area contributed by atoms with Crippen LogP contribution in [-0.4, -0.2) is 10.1 Å². The van der Waals surface area contributed by atoms with Crippen LogP contribution in [0.5, 0.6) is 0 Å². The van der Waals surface area contributed by atoms with Crippen LogP contribution < -0.4 is 0 Å². The van der Waals surface area contributed by atoms with Crippen molar-refractivity contribution < 1.29 is 5.11 Å². The number of allylic oxidation sites excluding steroid dienone is 2. The number of aromatic nitrogens is 1. The molecule has 1 aromatic carbocycles. The van der Waals surface area contributed by atoms with Gasteiger partial charge in [0.1, 0.15) is 17.4 Å². The van der Waals surface area contributed by atoms with Gasteiger partial charge in [0.15, 0.2) is 0 Å². The van der Waals surface area contributed by atoms with Crippen molar-refractivity contribution >= 4 is 21.5 Å². The fraction of sp³-hybridized carbons (Fsp3) is 0.0667. The molecule has 0 aliphatic rings. The molecule has 19 heavy (non-hydrogen) atoms. The zero-order chi connectivity index (χ0) is 13.7. The second-order valence-corrected chi connectivity index (χ2v) is 4.87. The molecule has 1 heterocycles. The fourth-order valence-electron chi connectivity index (χ4n) is 1.66. The first-order chi connectivity index (χ1) is 9.20. The number of nitriles is 1. The Hall–Kier alpha value is -2.12. The van der Waals surface area contributed by atoms with E-state index >= 15 is 0 Å². The van der Waals surface area contributed by atoms with E-state index in [0.29, 0.717) is 12.1 Å². The lowest BCUT2D eigenvalue weighted by Crippen LogP contribution is -1.96. The van der Waals surface area contributed by atoms with Gasteiger partial charge in [0.2, 0.25) is 0 Å². The van der Waals surface area contributed by atoms with Gasteiger partial charge in [0.25, 0.3) is 0 Å². The highest BCUT2D eigenvalue weighted by Gasteiger charge is 2.09. The molecule has 0 aliphatic heterocycles. The molecular weight excluding hydrogens is 304 g/mol. The van der Waals surface area contributed by atoms with Crippen LogP contribution in [-0.2, 0) is 6.42 Å². The van der Waals surface area contributed by atoms with Gasteiger partial charge >= 0.3 is 0 Å². The van der Waals surface area contributed by atoms with E-state index in [9.17, 15) is 5.11 Å². The lowest BCUT2D eigenvalue weighted by molar-refractivity contribution is 0.402. The maximum absolute atomic E-state index is 10.1. The van der Waals surface area contributed by atoms with Gasteiger partial charge < -0.3 is 5.11 Å². The van der Waals surface area contributed by atoms with Crippen molar-refractivity contribution in [2.45, 2.75) is 6.42 Å². The average molecular weight is 315 g/mol. The van der Waals surface area contributed by atoms with Crippen molar-refractivity contribution in [3.05, 3.63) is 70.2 Å². The van der Waals surface area contributed by atoms with Crippen molar-refractivity contribution in [3.63, 3.8) is 0 Å². The molecule has 0 saturated heterocycles. The van der Waals surface area contributed by atoms with E-state index in [0.717, 1.165) is 10.0 Å². The monoisotopic (exact) mass is 314 g/mol. The van der Waals surface area contributed by atoms with Crippen LogP contribution in [0.3, 0.4) is 0 Å². The highest BCUT2D eigenvalue weighted by molar-refractivity contribution is 9.10. The fourth-order valence-corrected chi connectivity index (χ4v) is 1.93. The van der Waals surface area contributed by atoms with E-state index in [4.69, 9.17) is 5.26 Å². The Morgan fingerprint density at radius 3 is 2.53 bits per heavy atom. The number of hydrogen-bond acceptors (Lipinski definition) is 3. The van der Waals surface area contributed by atoms with Gasteiger partial charge in [0.05, 0.1) is 5.69 Å². The first-order valence-electron chi connectivity index (χ1n) is 5.69. The molecule has 0 aliphatic carbocycles. The summed E-state index contributed by atoms with van der Waals surface area (Å²) >= 11 is 3.35. The molecule has 0 atom stereocenters. The smallest absolute Gasteiger partial charge is 0.117 e. The van der Waals surface area contributed by atoms with Crippen molar-refractivity contribution in [2.75, 3.05) is 0 Å². The highest BCUT2D eigenvalue weighted by atomic mass is 79.9.